The zero-order valence-corrected chi connectivity index (χ0v) is 20.6. The van der Waals surface area contributed by atoms with Gasteiger partial charge in [-0.2, -0.15) is 0 Å². The van der Waals surface area contributed by atoms with Gasteiger partial charge in [0.25, 0.3) is 0 Å². The lowest BCUT2D eigenvalue weighted by atomic mass is 9.90. The topological polar surface area (TPSA) is 36.4 Å². The van der Waals surface area contributed by atoms with Crippen molar-refractivity contribution in [3.63, 3.8) is 0 Å². The van der Waals surface area contributed by atoms with Crippen LogP contribution in [-0.2, 0) is 4.79 Å². The molecule has 1 heterocycles. The first-order chi connectivity index (χ1) is 15.9. The molecule has 1 aromatic heterocycles. The van der Waals surface area contributed by atoms with Crippen molar-refractivity contribution >= 4 is 32.6 Å². The second-order valence-electron chi connectivity index (χ2n) is 8.80. The normalized spacial score (nSPS) is 11.5. The molecule has 0 unspecified atom stereocenters. The number of aromatic nitrogens is 1. The monoisotopic (exact) mass is 457 g/mol. The third kappa shape index (κ3) is 5.32. The molecule has 0 saturated carbocycles. The van der Waals surface area contributed by atoms with Gasteiger partial charge in [-0.25, -0.2) is 4.98 Å². The van der Waals surface area contributed by atoms with E-state index in [1.807, 2.05) is 65.6 Å². The molecule has 0 spiro atoms. The molecule has 1 amide bonds. The van der Waals surface area contributed by atoms with Gasteiger partial charge in [-0.1, -0.05) is 72.0 Å². The van der Waals surface area contributed by atoms with E-state index in [-0.39, 0.29) is 11.8 Å². The van der Waals surface area contributed by atoms with Crippen molar-refractivity contribution in [2.24, 2.45) is 0 Å². The third-order valence-corrected chi connectivity index (χ3v) is 7.03. The van der Waals surface area contributed by atoms with Gasteiger partial charge in [0.15, 0.2) is 5.13 Å². The van der Waals surface area contributed by atoms with Gasteiger partial charge in [-0.3, -0.25) is 9.69 Å². The van der Waals surface area contributed by atoms with E-state index in [2.05, 4.69) is 45.0 Å². The smallest absolute Gasteiger partial charge is 0.240 e. The lowest BCUT2D eigenvalue weighted by Crippen LogP contribution is -2.37. The molecule has 4 rings (SSSR count). The molecule has 0 aliphatic heterocycles. The maximum atomic E-state index is 14.2. The largest absolute Gasteiger partial charge is 0.309 e. The van der Waals surface area contributed by atoms with E-state index in [1.54, 1.807) is 11.3 Å². The van der Waals surface area contributed by atoms with Crippen LogP contribution in [0.2, 0.25) is 0 Å². The summed E-state index contributed by atoms with van der Waals surface area (Å²) in [7, 11) is 4.12. The van der Waals surface area contributed by atoms with Crippen molar-refractivity contribution in [1.29, 1.82) is 0 Å². The Hall–Kier alpha value is -3.02. The Labute approximate surface area is 200 Å². The Bertz CT molecular complexity index is 1140. The number of carbonyl (C=O) groups is 1. The van der Waals surface area contributed by atoms with Gasteiger partial charge in [0.05, 0.1) is 16.1 Å². The van der Waals surface area contributed by atoms with Gasteiger partial charge in [0, 0.05) is 6.54 Å². The number of rotatable bonds is 8. The highest BCUT2D eigenvalue weighted by molar-refractivity contribution is 7.22. The molecule has 0 aliphatic carbocycles. The van der Waals surface area contributed by atoms with E-state index in [0.717, 1.165) is 39.4 Å². The molecular formula is C28H31N3OS. The Morgan fingerprint density at radius 1 is 0.879 bits per heavy atom. The maximum Gasteiger partial charge on any atom is 0.240 e. The molecule has 33 heavy (non-hydrogen) atoms. The van der Waals surface area contributed by atoms with Crippen molar-refractivity contribution < 1.29 is 4.79 Å². The summed E-state index contributed by atoms with van der Waals surface area (Å²) in [5.74, 6) is -0.305. The second kappa shape index (κ2) is 10.3. The average Bonchev–Trinajstić information content (AvgIpc) is 3.20. The molecule has 0 saturated heterocycles. The summed E-state index contributed by atoms with van der Waals surface area (Å²) in [6.07, 6.45) is 0.878. The fraction of sp³-hybridized carbons (Fsp3) is 0.286. The van der Waals surface area contributed by atoms with Crippen molar-refractivity contribution in [2.45, 2.75) is 26.2 Å². The van der Waals surface area contributed by atoms with Gasteiger partial charge in [-0.15, -0.1) is 0 Å². The molecule has 5 heteroatoms. The van der Waals surface area contributed by atoms with Crippen LogP contribution in [0.3, 0.4) is 0 Å². The number of nitrogens with zero attached hydrogens (tertiary/aromatic N) is 3. The lowest BCUT2D eigenvalue weighted by molar-refractivity contribution is -0.119. The first kappa shape index (κ1) is 23.1. The fourth-order valence-electron chi connectivity index (χ4n) is 4.05. The fourth-order valence-corrected chi connectivity index (χ4v) is 5.13. The molecule has 4 nitrogen and oxygen atoms in total. The Morgan fingerprint density at radius 2 is 1.45 bits per heavy atom. The number of benzene rings is 3. The van der Waals surface area contributed by atoms with Gasteiger partial charge in [-0.05, 0) is 75.3 Å². The minimum atomic E-state index is -0.373. The van der Waals surface area contributed by atoms with E-state index >= 15 is 0 Å². The number of amides is 1. The van der Waals surface area contributed by atoms with Crippen molar-refractivity contribution in [2.75, 3.05) is 32.1 Å². The number of aryl methyl sites for hydroxylation is 2. The average molecular weight is 458 g/mol. The Kier molecular flexibility index (Phi) is 7.21. The van der Waals surface area contributed by atoms with Crippen LogP contribution >= 0.6 is 11.3 Å². The van der Waals surface area contributed by atoms with Gasteiger partial charge >= 0.3 is 0 Å². The van der Waals surface area contributed by atoms with Crippen molar-refractivity contribution in [3.05, 3.63) is 95.1 Å². The molecule has 0 N–H and O–H groups in total. The van der Waals surface area contributed by atoms with Crippen LogP contribution in [0, 0.1) is 13.8 Å². The van der Waals surface area contributed by atoms with Gasteiger partial charge in [0.2, 0.25) is 5.91 Å². The van der Waals surface area contributed by atoms with E-state index in [0.29, 0.717) is 6.54 Å². The number of anilines is 1. The molecule has 4 aromatic rings. The zero-order valence-electron chi connectivity index (χ0n) is 19.8. The van der Waals surface area contributed by atoms with Crippen molar-refractivity contribution in [1.82, 2.24) is 9.88 Å². The van der Waals surface area contributed by atoms with Crippen LogP contribution in [0.4, 0.5) is 5.13 Å². The van der Waals surface area contributed by atoms with Crippen LogP contribution in [0.5, 0.6) is 0 Å². The maximum absolute atomic E-state index is 14.2. The highest BCUT2D eigenvalue weighted by atomic mass is 32.1. The summed E-state index contributed by atoms with van der Waals surface area (Å²) in [6, 6.07) is 24.4. The number of hydrogen-bond acceptors (Lipinski definition) is 4. The van der Waals surface area contributed by atoms with Crippen LogP contribution in [-0.4, -0.2) is 43.0 Å². The zero-order chi connectivity index (χ0) is 23.4. The summed E-state index contributed by atoms with van der Waals surface area (Å²) >= 11 is 1.60. The molecular weight excluding hydrogens is 426 g/mol. The Morgan fingerprint density at radius 3 is 2.03 bits per heavy atom. The summed E-state index contributed by atoms with van der Waals surface area (Å²) in [5, 5.41) is 0.774. The standard InChI is InChI=1S/C28H31N3OS/c1-20-18-24-25(19-21(20)2)33-28(29-24)31(17-11-16-30(3)4)27(32)26(22-12-7-5-8-13-22)23-14-9-6-10-15-23/h5-10,12-15,18-19,26H,11,16-17H2,1-4H3. The van der Waals surface area contributed by atoms with E-state index in [9.17, 15) is 4.79 Å². The van der Waals surface area contributed by atoms with Gasteiger partial charge in [0.1, 0.15) is 0 Å². The van der Waals surface area contributed by atoms with E-state index in [1.165, 1.54) is 11.1 Å². The molecule has 0 radical (unpaired) electrons. The molecule has 0 fully saturated rings. The summed E-state index contributed by atoms with van der Waals surface area (Å²) in [4.78, 5) is 23.2. The van der Waals surface area contributed by atoms with Gasteiger partial charge < -0.3 is 4.90 Å². The van der Waals surface area contributed by atoms with E-state index in [4.69, 9.17) is 4.98 Å². The molecule has 170 valence electrons. The molecule has 3 aromatic carbocycles. The minimum Gasteiger partial charge on any atom is -0.309 e. The highest BCUT2D eigenvalue weighted by Crippen LogP contribution is 2.34. The predicted molar refractivity (Wildman–Crippen MR) is 139 cm³/mol. The summed E-state index contributed by atoms with van der Waals surface area (Å²) in [5.41, 5.74) is 5.42. The number of carbonyl (C=O) groups excluding carboxylic acids is 1. The number of thiazole rings is 1. The van der Waals surface area contributed by atoms with Crippen LogP contribution < -0.4 is 4.90 Å². The Balaban J connectivity index is 1.77. The van der Waals surface area contributed by atoms with Crippen LogP contribution in [0.25, 0.3) is 10.2 Å². The molecule has 0 atom stereocenters. The first-order valence-corrected chi connectivity index (χ1v) is 12.2. The first-order valence-electron chi connectivity index (χ1n) is 11.4. The minimum absolute atomic E-state index is 0.0682. The molecule has 0 bridgehead atoms. The van der Waals surface area contributed by atoms with Crippen LogP contribution in [0.1, 0.15) is 34.6 Å². The number of fused-ring (bicyclic) bond motifs is 1. The van der Waals surface area contributed by atoms with E-state index < -0.39 is 0 Å². The SMILES string of the molecule is Cc1cc2nc(N(CCCN(C)C)C(=O)C(c3ccccc3)c3ccccc3)sc2cc1C. The lowest BCUT2D eigenvalue weighted by Gasteiger charge is -2.26. The predicted octanol–water partition coefficient (Wildman–Crippen LogP) is 6.03. The third-order valence-electron chi connectivity index (χ3n) is 5.99. The summed E-state index contributed by atoms with van der Waals surface area (Å²) in [6.45, 7) is 5.77. The van der Waals surface area contributed by atoms with Crippen LogP contribution in [0.15, 0.2) is 72.8 Å². The number of hydrogen-bond donors (Lipinski definition) is 0. The molecule has 0 aliphatic rings. The summed E-state index contributed by atoms with van der Waals surface area (Å²) < 4.78 is 1.12. The highest BCUT2D eigenvalue weighted by Gasteiger charge is 2.30. The van der Waals surface area contributed by atoms with Crippen molar-refractivity contribution in [3.8, 4) is 0 Å². The second-order valence-corrected chi connectivity index (χ2v) is 9.81. The quantitative estimate of drug-likeness (QED) is 0.324.